The summed E-state index contributed by atoms with van der Waals surface area (Å²) in [5, 5.41) is 8.92. The van der Waals surface area contributed by atoms with Gasteiger partial charge in [-0.1, -0.05) is 25.1 Å². The highest BCUT2D eigenvalue weighted by molar-refractivity contribution is 5.96. The second-order valence-corrected chi connectivity index (χ2v) is 6.57. The van der Waals surface area contributed by atoms with Crippen LogP contribution in [0.25, 0.3) is 0 Å². The van der Waals surface area contributed by atoms with Crippen molar-refractivity contribution >= 4 is 23.2 Å². The van der Waals surface area contributed by atoms with E-state index >= 15 is 0 Å². The Morgan fingerprint density at radius 3 is 2.35 bits per heavy atom. The fraction of sp³-hybridized carbons (Fsp3) is 0.333. The Bertz CT molecular complexity index is 767. The van der Waals surface area contributed by atoms with Crippen molar-refractivity contribution in [2.45, 2.75) is 40.2 Å². The van der Waals surface area contributed by atoms with Gasteiger partial charge in [0.05, 0.1) is 6.54 Å². The van der Waals surface area contributed by atoms with Crippen LogP contribution in [0.4, 0.5) is 11.4 Å². The van der Waals surface area contributed by atoms with Gasteiger partial charge in [0, 0.05) is 23.0 Å². The summed E-state index contributed by atoms with van der Waals surface area (Å²) in [4.78, 5) is 24.2. The lowest BCUT2D eigenvalue weighted by atomic mass is 10.1. The first-order valence-electron chi connectivity index (χ1n) is 8.93. The summed E-state index contributed by atoms with van der Waals surface area (Å²) in [7, 11) is 0. The third-order valence-corrected chi connectivity index (χ3v) is 4.02. The molecule has 0 unspecified atom stereocenters. The number of hydrogen-bond acceptors (Lipinski definition) is 3. The molecular weight excluding hydrogens is 326 g/mol. The molecular formula is C21H27N3O2. The molecule has 138 valence electrons. The van der Waals surface area contributed by atoms with E-state index < -0.39 is 0 Å². The first-order chi connectivity index (χ1) is 12.4. The fourth-order valence-electron chi connectivity index (χ4n) is 2.65. The Morgan fingerprint density at radius 2 is 1.73 bits per heavy atom. The Balaban J connectivity index is 1.93. The van der Waals surface area contributed by atoms with E-state index in [1.165, 1.54) is 0 Å². The van der Waals surface area contributed by atoms with Gasteiger partial charge in [0.25, 0.3) is 5.91 Å². The molecule has 0 aliphatic carbocycles. The summed E-state index contributed by atoms with van der Waals surface area (Å²) in [5.74, 6) is -0.202. The molecule has 0 saturated carbocycles. The van der Waals surface area contributed by atoms with Gasteiger partial charge in [0.15, 0.2) is 0 Å². The number of benzene rings is 2. The van der Waals surface area contributed by atoms with Gasteiger partial charge < -0.3 is 16.0 Å². The molecule has 2 aromatic carbocycles. The molecule has 2 rings (SSSR count). The molecule has 5 nitrogen and oxygen atoms in total. The van der Waals surface area contributed by atoms with Crippen LogP contribution in [0.2, 0.25) is 0 Å². The zero-order chi connectivity index (χ0) is 19.1. The fourth-order valence-corrected chi connectivity index (χ4v) is 2.65. The van der Waals surface area contributed by atoms with Crippen LogP contribution < -0.4 is 16.0 Å². The third-order valence-electron chi connectivity index (χ3n) is 4.02. The Hall–Kier alpha value is -2.82. The molecule has 0 saturated heterocycles. The predicted octanol–water partition coefficient (Wildman–Crippen LogP) is 3.75. The number of carbonyl (C=O) groups excluding carboxylic acids is 2. The number of nitrogens with one attached hydrogen (secondary N) is 3. The van der Waals surface area contributed by atoms with Gasteiger partial charge in [0.1, 0.15) is 0 Å². The lowest BCUT2D eigenvalue weighted by Crippen LogP contribution is -2.30. The number of anilines is 2. The monoisotopic (exact) mass is 353 g/mol. The first kappa shape index (κ1) is 19.5. The summed E-state index contributed by atoms with van der Waals surface area (Å²) < 4.78 is 0. The van der Waals surface area contributed by atoms with Crippen molar-refractivity contribution in [3.05, 3.63) is 59.2 Å². The zero-order valence-corrected chi connectivity index (χ0v) is 15.8. The zero-order valence-electron chi connectivity index (χ0n) is 15.8. The molecule has 0 spiro atoms. The molecule has 2 aromatic rings. The minimum absolute atomic E-state index is 0.0958. The van der Waals surface area contributed by atoms with Crippen molar-refractivity contribution < 1.29 is 9.59 Å². The molecule has 5 heteroatoms. The first-order valence-corrected chi connectivity index (χ1v) is 8.93. The number of rotatable bonds is 7. The van der Waals surface area contributed by atoms with Gasteiger partial charge in [0.2, 0.25) is 5.91 Å². The van der Waals surface area contributed by atoms with E-state index in [0.29, 0.717) is 5.56 Å². The van der Waals surface area contributed by atoms with Gasteiger partial charge >= 0.3 is 0 Å². The highest BCUT2D eigenvalue weighted by atomic mass is 16.2. The molecule has 0 aliphatic heterocycles. The average Bonchev–Trinajstić information content (AvgIpc) is 2.61. The quantitative estimate of drug-likeness (QED) is 0.710. The number of carbonyl (C=O) groups is 2. The van der Waals surface area contributed by atoms with Crippen LogP contribution in [0.3, 0.4) is 0 Å². The maximum absolute atomic E-state index is 12.3. The Morgan fingerprint density at radius 1 is 1.04 bits per heavy atom. The topological polar surface area (TPSA) is 70.2 Å². The lowest BCUT2D eigenvalue weighted by molar-refractivity contribution is -0.114. The minimum atomic E-state index is -0.101. The molecule has 0 radical (unpaired) electrons. The second kappa shape index (κ2) is 9.04. The van der Waals surface area contributed by atoms with Gasteiger partial charge in [-0.15, -0.1) is 0 Å². The maximum Gasteiger partial charge on any atom is 0.251 e. The SMILES string of the molecule is CCc1cccc(C)c1NC(=O)CNc1ccc(C(=O)NC(C)C)cc1. The molecule has 0 heterocycles. The van der Waals surface area contributed by atoms with Crippen LogP contribution in [-0.2, 0) is 11.2 Å². The van der Waals surface area contributed by atoms with Crippen LogP contribution in [0.15, 0.2) is 42.5 Å². The summed E-state index contributed by atoms with van der Waals surface area (Å²) >= 11 is 0. The van der Waals surface area contributed by atoms with E-state index in [0.717, 1.165) is 28.9 Å². The molecule has 3 N–H and O–H groups in total. The van der Waals surface area contributed by atoms with Gasteiger partial charge in [-0.2, -0.15) is 0 Å². The Kier molecular flexibility index (Phi) is 6.78. The van der Waals surface area contributed by atoms with Crippen molar-refractivity contribution in [3.8, 4) is 0 Å². The third kappa shape index (κ3) is 5.34. The highest BCUT2D eigenvalue weighted by Crippen LogP contribution is 2.21. The van der Waals surface area contributed by atoms with Crippen molar-refractivity contribution in [2.24, 2.45) is 0 Å². The predicted molar refractivity (Wildman–Crippen MR) is 107 cm³/mol. The summed E-state index contributed by atoms with van der Waals surface area (Å²) in [6.07, 6.45) is 0.866. The maximum atomic E-state index is 12.3. The summed E-state index contributed by atoms with van der Waals surface area (Å²) in [6.45, 7) is 8.06. The normalized spacial score (nSPS) is 10.5. The van der Waals surface area contributed by atoms with Crippen LogP contribution in [0.1, 0.15) is 42.3 Å². The van der Waals surface area contributed by atoms with E-state index in [1.807, 2.05) is 39.0 Å². The molecule has 0 atom stereocenters. The van der Waals surface area contributed by atoms with Crippen LogP contribution in [0.5, 0.6) is 0 Å². The summed E-state index contributed by atoms with van der Waals surface area (Å²) in [6, 6.07) is 13.2. The highest BCUT2D eigenvalue weighted by Gasteiger charge is 2.09. The average molecular weight is 353 g/mol. The molecule has 0 aliphatic rings. The van der Waals surface area contributed by atoms with E-state index in [-0.39, 0.29) is 24.4 Å². The van der Waals surface area contributed by atoms with Crippen molar-refractivity contribution in [3.63, 3.8) is 0 Å². The van der Waals surface area contributed by atoms with E-state index in [9.17, 15) is 9.59 Å². The minimum Gasteiger partial charge on any atom is -0.376 e. The Labute approximate surface area is 155 Å². The van der Waals surface area contributed by atoms with Crippen molar-refractivity contribution in [2.75, 3.05) is 17.2 Å². The standard InChI is InChI=1S/C21H27N3O2/c1-5-16-8-6-7-15(4)20(16)24-19(25)13-22-18-11-9-17(10-12-18)21(26)23-14(2)3/h6-12,14,22H,5,13H2,1-4H3,(H,23,26)(H,24,25). The van der Waals surface area contributed by atoms with E-state index in [2.05, 4.69) is 22.9 Å². The van der Waals surface area contributed by atoms with E-state index in [1.54, 1.807) is 24.3 Å². The molecule has 2 amide bonds. The lowest BCUT2D eigenvalue weighted by Gasteiger charge is -2.14. The molecule has 0 bridgehead atoms. The number of hydrogen-bond donors (Lipinski definition) is 3. The van der Waals surface area contributed by atoms with Crippen LogP contribution in [0, 0.1) is 6.92 Å². The largest absolute Gasteiger partial charge is 0.376 e. The van der Waals surface area contributed by atoms with Crippen LogP contribution in [-0.4, -0.2) is 24.4 Å². The second-order valence-electron chi connectivity index (χ2n) is 6.57. The summed E-state index contributed by atoms with van der Waals surface area (Å²) in [5.41, 5.74) is 4.46. The molecule has 0 fully saturated rings. The van der Waals surface area contributed by atoms with Gasteiger partial charge in [-0.3, -0.25) is 9.59 Å². The van der Waals surface area contributed by atoms with E-state index in [4.69, 9.17) is 0 Å². The number of aryl methyl sites for hydroxylation is 2. The van der Waals surface area contributed by atoms with Gasteiger partial charge in [-0.25, -0.2) is 0 Å². The smallest absolute Gasteiger partial charge is 0.251 e. The van der Waals surface area contributed by atoms with Crippen LogP contribution >= 0.6 is 0 Å². The van der Waals surface area contributed by atoms with Crippen molar-refractivity contribution in [1.82, 2.24) is 5.32 Å². The number of para-hydroxylation sites is 1. The van der Waals surface area contributed by atoms with Crippen molar-refractivity contribution in [1.29, 1.82) is 0 Å². The molecule has 0 aromatic heterocycles. The van der Waals surface area contributed by atoms with Gasteiger partial charge in [-0.05, 0) is 62.6 Å². The molecule has 26 heavy (non-hydrogen) atoms. The number of amides is 2.